The van der Waals surface area contributed by atoms with Crippen LogP contribution in [-0.4, -0.2) is 71.7 Å². The Morgan fingerprint density at radius 3 is 2.58 bits per heavy atom. The summed E-state index contributed by atoms with van der Waals surface area (Å²) in [5.74, 6) is 0.0622. The number of hydrogen-bond acceptors (Lipinski definition) is 7. The van der Waals surface area contributed by atoms with Crippen molar-refractivity contribution in [2.45, 2.75) is 13.5 Å². The first-order chi connectivity index (χ1) is 15.1. The number of fused-ring (bicyclic) bond motifs is 1. The Balaban J connectivity index is 1.31. The van der Waals surface area contributed by atoms with Gasteiger partial charge in [-0.1, -0.05) is 17.3 Å². The third kappa shape index (κ3) is 4.30. The van der Waals surface area contributed by atoms with Crippen LogP contribution in [0, 0.1) is 0 Å². The van der Waals surface area contributed by atoms with Crippen LogP contribution in [0.5, 0.6) is 5.75 Å². The molecule has 4 rings (SSSR count). The van der Waals surface area contributed by atoms with Crippen LogP contribution in [0.3, 0.4) is 0 Å². The molecule has 1 aromatic heterocycles. The molecule has 0 spiro atoms. The molecular formula is C22H25N5O4. The maximum Gasteiger partial charge on any atom is 0.338 e. The molecule has 31 heavy (non-hydrogen) atoms. The van der Waals surface area contributed by atoms with E-state index in [4.69, 9.17) is 9.47 Å². The van der Waals surface area contributed by atoms with Crippen LogP contribution < -0.4 is 9.64 Å². The van der Waals surface area contributed by atoms with Crippen molar-refractivity contribution in [2.75, 3.05) is 44.8 Å². The van der Waals surface area contributed by atoms with E-state index < -0.39 is 5.97 Å². The van der Waals surface area contributed by atoms with Crippen LogP contribution in [0.1, 0.15) is 17.3 Å². The maximum absolute atomic E-state index is 12.5. The summed E-state index contributed by atoms with van der Waals surface area (Å²) in [6, 6.07) is 12.9. The van der Waals surface area contributed by atoms with Crippen molar-refractivity contribution in [2.24, 2.45) is 0 Å². The molecule has 0 bridgehead atoms. The van der Waals surface area contributed by atoms with Crippen LogP contribution in [0.2, 0.25) is 0 Å². The van der Waals surface area contributed by atoms with Crippen molar-refractivity contribution in [3.05, 3.63) is 48.0 Å². The van der Waals surface area contributed by atoms with Gasteiger partial charge in [0.05, 0.1) is 23.9 Å². The lowest BCUT2D eigenvalue weighted by Gasteiger charge is -2.36. The van der Waals surface area contributed by atoms with Crippen molar-refractivity contribution in [3.8, 4) is 5.75 Å². The fourth-order valence-corrected chi connectivity index (χ4v) is 3.72. The van der Waals surface area contributed by atoms with Crippen LogP contribution in [0.25, 0.3) is 11.0 Å². The zero-order valence-corrected chi connectivity index (χ0v) is 17.7. The van der Waals surface area contributed by atoms with Crippen molar-refractivity contribution in [3.63, 3.8) is 0 Å². The number of nitrogens with zero attached hydrogens (tertiary/aromatic N) is 5. The highest BCUT2D eigenvalue weighted by atomic mass is 16.5. The summed E-state index contributed by atoms with van der Waals surface area (Å²) in [5, 5.41) is 8.09. The number of aryl methyl sites for hydroxylation is 1. The molecular weight excluding hydrogens is 398 g/mol. The van der Waals surface area contributed by atoms with E-state index >= 15 is 0 Å². The molecule has 0 aliphatic carbocycles. The smallest absolute Gasteiger partial charge is 0.338 e. The van der Waals surface area contributed by atoms with E-state index in [0.717, 1.165) is 17.0 Å². The van der Waals surface area contributed by atoms with E-state index in [1.807, 2.05) is 31.2 Å². The highest BCUT2D eigenvalue weighted by molar-refractivity contribution is 5.94. The van der Waals surface area contributed by atoms with Gasteiger partial charge in [0.2, 0.25) is 0 Å². The summed E-state index contributed by atoms with van der Waals surface area (Å²) in [6.07, 6.45) is 0. The molecule has 0 N–H and O–H groups in total. The number of para-hydroxylation sites is 2. The van der Waals surface area contributed by atoms with Gasteiger partial charge in [0.15, 0.2) is 6.61 Å². The van der Waals surface area contributed by atoms with Gasteiger partial charge in [0, 0.05) is 32.7 Å². The Hall–Kier alpha value is -3.62. The average Bonchev–Trinajstić information content (AvgIpc) is 3.24. The fraction of sp³-hybridized carbons (Fsp3) is 0.364. The molecule has 2 aromatic carbocycles. The summed E-state index contributed by atoms with van der Waals surface area (Å²) in [4.78, 5) is 28.8. The Kier molecular flexibility index (Phi) is 6.01. The number of carbonyl (C=O) groups is 2. The molecule has 162 valence electrons. The number of hydrogen-bond donors (Lipinski definition) is 0. The van der Waals surface area contributed by atoms with Gasteiger partial charge in [-0.05, 0) is 37.3 Å². The van der Waals surface area contributed by atoms with Crippen LogP contribution in [-0.2, 0) is 16.1 Å². The Morgan fingerprint density at radius 2 is 1.84 bits per heavy atom. The van der Waals surface area contributed by atoms with Gasteiger partial charge in [-0.15, -0.1) is 5.10 Å². The molecule has 0 saturated carbocycles. The minimum atomic E-state index is -0.547. The van der Waals surface area contributed by atoms with Crippen LogP contribution in [0.15, 0.2) is 42.5 Å². The molecule has 0 atom stereocenters. The lowest BCUT2D eigenvalue weighted by atomic mass is 10.2. The third-order valence-corrected chi connectivity index (χ3v) is 5.43. The number of amides is 1. The molecule has 1 amide bonds. The molecule has 1 aliphatic heterocycles. The number of piperazine rings is 1. The first kappa shape index (κ1) is 20.6. The SMILES string of the molecule is CCn1nnc2cc(C(=O)OCC(=O)N3CCN(c4ccccc4OC)CC3)ccc21. The number of carbonyl (C=O) groups excluding carboxylic acids is 2. The van der Waals surface area contributed by atoms with Gasteiger partial charge < -0.3 is 19.3 Å². The molecule has 0 radical (unpaired) electrons. The van der Waals surface area contributed by atoms with E-state index in [2.05, 4.69) is 15.2 Å². The number of benzene rings is 2. The molecule has 9 heteroatoms. The molecule has 9 nitrogen and oxygen atoms in total. The van der Waals surface area contributed by atoms with Crippen molar-refractivity contribution < 1.29 is 19.1 Å². The van der Waals surface area contributed by atoms with Crippen LogP contribution in [0.4, 0.5) is 5.69 Å². The summed E-state index contributed by atoms with van der Waals surface area (Å²) in [7, 11) is 1.65. The van der Waals surface area contributed by atoms with E-state index in [0.29, 0.717) is 43.8 Å². The van der Waals surface area contributed by atoms with Gasteiger partial charge in [-0.3, -0.25) is 4.79 Å². The quantitative estimate of drug-likeness (QED) is 0.560. The summed E-state index contributed by atoms with van der Waals surface area (Å²) < 4.78 is 12.4. The standard InChI is InChI=1S/C22H25N5O4/c1-3-27-18-9-8-16(14-17(18)23-24-27)22(29)31-15-21(28)26-12-10-25(11-13-26)19-6-4-5-7-20(19)30-2/h4-9,14H,3,10-13,15H2,1-2H3. The summed E-state index contributed by atoms with van der Waals surface area (Å²) >= 11 is 0. The average molecular weight is 423 g/mol. The molecule has 1 aliphatic rings. The van der Waals surface area contributed by atoms with Gasteiger partial charge >= 0.3 is 5.97 Å². The van der Waals surface area contributed by atoms with Gasteiger partial charge in [0.1, 0.15) is 11.3 Å². The lowest BCUT2D eigenvalue weighted by Crippen LogP contribution is -2.50. The first-order valence-electron chi connectivity index (χ1n) is 10.3. The number of methoxy groups -OCH3 is 1. The molecule has 1 fully saturated rings. The third-order valence-electron chi connectivity index (χ3n) is 5.43. The normalized spacial score (nSPS) is 14.0. The van der Waals surface area contributed by atoms with E-state index in [1.54, 1.807) is 34.9 Å². The van der Waals surface area contributed by atoms with Crippen molar-refractivity contribution >= 4 is 28.6 Å². The number of aromatic nitrogens is 3. The lowest BCUT2D eigenvalue weighted by molar-refractivity contribution is -0.134. The zero-order valence-electron chi connectivity index (χ0n) is 17.7. The number of esters is 1. The Bertz CT molecular complexity index is 1090. The Morgan fingerprint density at radius 1 is 1.06 bits per heavy atom. The number of ether oxygens (including phenoxy) is 2. The number of rotatable bonds is 6. The monoisotopic (exact) mass is 423 g/mol. The molecule has 1 saturated heterocycles. The molecule has 0 unspecified atom stereocenters. The second-order valence-corrected chi connectivity index (χ2v) is 7.22. The second kappa shape index (κ2) is 9.03. The van der Waals surface area contributed by atoms with E-state index in [1.165, 1.54) is 0 Å². The second-order valence-electron chi connectivity index (χ2n) is 7.22. The Labute approximate surface area is 180 Å². The fourth-order valence-electron chi connectivity index (χ4n) is 3.72. The predicted octanol–water partition coefficient (Wildman–Crippen LogP) is 1.97. The number of anilines is 1. The van der Waals surface area contributed by atoms with Gasteiger partial charge in [-0.2, -0.15) is 0 Å². The topological polar surface area (TPSA) is 89.8 Å². The van der Waals surface area contributed by atoms with Crippen molar-refractivity contribution in [1.82, 2.24) is 19.9 Å². The predicted molar refractivity (Wildman–Crippen MR) is 115 cm³/mol. The van der Waals surface area contributed by atoms with Crippen LogP contribution >= 0.6 is 0 Å². The van der Waals surface area contributed by atoms with E-state index in [9.17, 15) is 9.59 Å². The zero-order chi connectivity index (χ0) is 21.8. The molecule has 3 aromatic rings. The maximum atomic E-state index is 12.5. The van der Waals surface area contributed by atoms with E-state index in [-0.39, 0.29) is 12.5 Å². The van der Waals surface area contributed by atoms with Gasteiger partial charge in [0.25, 0.3) is 5.91 Å². The minimum Gasteiger partial charge on any atom is -0.495 e. The summed E-state index contributed by atoms with van der Waals surface area (Å²) in [6.45, 7) is 4.86. The minimum absolute atomic E-state index is 0.203. The first-order valence-corrected chi connectivity index (χ1v) is 10.3. The van der Waals surface area contributed by atoms with Gasteiger partial charge in [-0.25, -0.2) is 9.48 Å². The largest absolute Gasteiger partial charge is 0.495 e. The highest BCUT2D eigenvalue weighted by Gasteiger charge is 2.24. The summed E-state index contributed by atoms with van der Waals surface area (Å²) in [5.41, 5.74) is 2.83. The van der Waals surface area contributed by atoms with Crippen molar-refractivity contribution in [1.29, 1.82) is 0 Å². The molecule has 2 heterocycles. The highest BCUT2D eigenvalue weighted by Crippen LogP contribution is 2.28.